The molecule has 1 aliphatic rings. The molecule has 0 radical (unpaired) electrons. The summed E-state index contributed by atoms with van der Waals surface area (Å²) >= 11 is 6.30. The molecule has 0 aliphatic carbocycles. The number of thiocarbonyl (C=S) groups is 1. The Balaban J connectivity index is 2.02. The number of thioether (sulfide) groups is 1. The Labute approximate surface area is 189 Å². The minimum absolute atomic E-state index is 0.00634. The first-order chi connectivity index (χ1) is 14.8. The predicted molar refractivity (Wildman–Crippen MR) is 126 cm³/mol. The third-order valence-electron chi connectivity index (χ3n) is 4.86. The number of carboxylic acids is 1. The number of nitrogens with one attached hydrogen (secondary N) is 1. The fourth-order valence-electron chi connectivity index (χ4n) is 3.19. The smallest absolute Gasteiger partial charge is 0.305 e. The van der Waals surface area contributed by atoms with Crippen molar-refractivity contribution in [2.24, 2.45) is 0 Å². The number of rotatable bonds is 9. The van der Waals surface area contributed by atoms with Gasteiger partial charge in [-0.1, -0.05) is 49.8 Å². The van der Waals surface area contributed by atoms with Gasteiger partial charge in [-0.25, -0.2) is 4.98 Å². The fourth-order valence-corrected chi connectivity index (χ4v) is 4.48. The zero-order valence-corrected chi connectivity index (χ0v) is 19.0. The van der Waals surface area contributed by atoms with E-state index in [1.54, 1.807) is 12.3 Å². The molecule has 1 amide bonds. The third kappa shape index (κ3) is 5.13. The van der Waals surface area contributed by atoms with Crippen molar-refractivity contribution in [2.45, 2.75) is 39.5 Å². The van der Waals surface area contributed by atoms with E-state index in [2.05, 4.69) is 17.2 Å². The van der Waals surface area contributed by atoms with Gasteiger partial charge in [0.2, 0.25) is 0 Å². The van der Waals surface area contributed by atoms with Crippen molar-refractivity contribution in [3.8, 4) is 0 Å². The van der Waals surface area contributed by atoms with Crippen molar-refractivity contribution in [1.82, 2.24) is 14.3 Å². The molecule has 1 fully saturated rings. The van der Waals surface area contributed by atoms with Crippen LogP contribution in [0.25, 0.3) is 11.7 Å². The summed E-state index contributed by atoms with van der Waals surface area (Å²) < 4.78 is 1.74. The first-order valence-corrected chi connectivity index (χ1v) is 11.3. The Bertz CT molecular complexity index is 1130. The summed E-state index contributed by atoms with van der Waals surface area (Å²) in [5.41, 5.74) is 1.40. The summed E-state index contributed by atoms with van der Waals surface area (Å²) in [5.74, 6) is -0.989. The van der Waals surface area contributed by atoms with Crippen molar-refractivity contribution in [2.75, 3.05) is 18.4 Å². The number of hydrogen-bond donors (Lipinski definition) is 2. The van der Waals surface area contributed by atoms with Crippen molar-refractivity contribution < 1.29 is 14.7 Å². The molecule has 0 bridgehead atoms. The maximum absolute atomic E-state index is 13.3. The number of nitrogens with zero attached hydrogens (tertiary/aromatic N) is 3. The number of hydrogen-bond acceptors (Lipinski definition) is 7. The highest BCUT2D eigenvalue weighted by molar-refractivity contribution is 8.26. The monoisotopic (exact) mass is 460 g/mol. The van der Waals surface area contributed by atoms with E-state index in [4.69, 9.17) is 17.3 Å². The van der Waals surface area contributed by atoms with Gasteiger partial charge in [-0.05, 0) is 31.1 Å². The SMILES string of the molecule is CCCCCNc1nc2c(C)cccn2c(=O)c1/C=C1/SC(=S)N(CCC(=O)O)C1=O. The second-order valence-electron chi connectivity index (χ2n) is 7.18. The lowest BCUT2D eigenvalue weighted by Crippen LogP contribution is -2.30. The van der Waals surface area contributed by atoms with Crippen LogP contribution in [0.1, 0.15) is 43.7 Å². The van der Waals surface area contributed by atoms with Crippen LogP contribution in [0.15, 0.2) is 28.0 Å². The van der Waals surface area contributed by atoms with Gasteiger partial charge < -0.3 is 10.4 Å². The van der Waals surface area contributed by atoms with Gasteiger partial charge in [0.15, 0.2) is 0 Å². The highest BCUT2D eigenvalue weighted by Gasteiger charge is 2.32. The quantitative estimate of drug-likeness (QED) is 0.334. The summed E-state index contributed by atoms with van der Waals surface area (Å²) in [6.45, 7) is 4.65. The third-order valence-corrected chi connectivity index (χ3v) is 6.23. The lowest BCUT2D eigenvalue weighted by atomic mass is 10.2. The number of pyridine rings is 1. The summed E-state index contributed by atoms with van der Waals surface area (Å²) in [6, 6.07) is 3.66. The van der Waals surface area contributed by atoms with Crippen molar-refractivity contribution in [3.05, 3.63) is 44.7 Å². The van der Waals surface area contributed by atoms with Gasteiger partial charge in [-0.3, -0.25) is 23.7 Å². The molecule has 2 aromatic heterocycles. The lowest BCUT2D eigenvalue weighted by Gasteiger charge is -2.13. The van der Waals surface area contributed by atoms with Crippen LogP contribution in [-0.2, 0) is 9.59 Å². The molecule has 0 aromatic carbocycles. The van der Waals surface area contributed by atoms with E-state index in [1.807, 2.05) is 13.0 Å². The molecule has 0 unspecified atom stereocenters. The van der Waals surface area contributed by atoms with Gasteiger partial charge in [0.1, 0.15) is 15.8 Å². The van der Waals surface area contributed by atoms with Gasteiger partial charge in [-0.15, -0.1) is 0 Å². The van der Waals surface area contributed by atoms with Gasteiger partial charge in [0.25, 0.3) is 11.5 Å². The van der Waals surface area contributed by atoms with Gasteiger partial charge in [-0.2, -0.15) is 0 Å². The summed E-state index contributed by atoms with van der Waals surface area (Å²) in [5, 5.41) is 12.1. The van der Waals surface area contributed by atoms with E-state index in [9.17, 15) is 14.4 Å². The summed E-state index contributed by atoms with van der Waals surface area (Å²) in [7, 11) is 0. The first kappa shape index (κ1) is 23.0. The van der Waals surface area contributed by atoms with Crippen LogP contribution in [0.5, 0.6) is 0 Å². The lowest BCUT2D eigenvalue weighted by molar-refractivity contribution is -0.137. The average molecular weight is 461 g/mol. The van der Waals surface area contributed by atoms with Crippen LogP contribution in [0.4, 0.5) is 5.82 Å². The molecule has 8 nitrogen and oxygen atoms in total. The maximum Gasteiger partial charge on any atom is 0.305 e. The minimum atomic E-state index is -1.01. The fraction of sp³-hybridized carbons (Fsp3) is 0.381. The predicted octanol–water partition coefficient (Wildman–Crippen LogP) is 3.28. The number of aryl methyl sites for hydroxylation is 1. The minimum Gasteiger partial charge on any atom is -0.481 e. The molecule has 1 aliphatic heterocycles. The number of carbonyl (C=O) groups excluding carboxylic acids is 1. The van der Waals surface area contributed by atoms with E-state index in [0.29, 0.717) is 18.0 Å². The zero-order valence-electron chi connectivity index (χ0n) is 17.4. The molecule has 1 saturated heterocycles. The largest absolute Gasteiger partial charge is 0.481 e. The summed E-state index contributed by atoms with van der Waals surface area (Å²) in [6.07, 6.45) is 6.00. The number of anilines is 1. The average Bonchev–Trinajstić information content (AvgIpc) is 2.99. The number of fused-ring (bicyclic) bond motifs is 1. The van der Waals surface area contributed by atoms with Gasteiger partial charge in [0.05, 0.1) is 16.9 Å². The summed E-state index contributed by atoms with van der Waals surface area (Å²) in [4.78, 5) is 43.1. The van der Waals surface area contributed by atoms with E-state index in [0.717, 1.165) is 36.6 Å². The zero-order chi connectivity index (χ0) is 22.5. The number of aliphatic carboxylic acids is 1. The van der Waals surface area contributed by atoms with Crippen molar-refractivity contribution in [3.63, 3.8) is 0 Å². The molecular formula is C21H24N4O4S2. The number of aromatic nitrogens is 2. The van der Waals surface area contributed by atoms with E-state index in [1.165, 1.54) is 15.4 Å². The Morgan fingerprint density at radius 3 is 2.84 bits per heavy atom. The molecule has 10 heteroatoms. The second-order valence-corrected chi connectivity index (χ2v) is 8.85. The highest BCUT2D eigenvalue weighted by Crippen LogP contribution is 2.33. The highest BCUT2D eigenvalue weighted by atomic mass is 32.2. The van der Waals surface area contributed by atoms with E-state index < -0.39 is 11.9 Å². The van der Waals surface area contributed by atoms with E-state index >= 15 is 0 Å². The maximum atomic E-state index is 13.3. The van der Waals surface area contributed by atoms with Crippen molar-refractivity contribution in [1.29, 1.82) is 0 Å². The Morgan fingerprint density at radius 1 is 1.35 bits per heavy atom. The number of carboxylic acid groups (broad SMARTS) is 1. The normalized spacial score (nSPS) is 15.3. The van der Waals surface area contributed by atoms with Crippen LogP contribution in [0.3, 0.4) is 0 Å². The second kappa shape index (κ2) is 10.1. The Morgan fingerprint density at radius 2 is 2.13 bits per heavy atom. The molecule has 0 atom stereocenters. The molecule has 0 spiro atoms. The molecule has 164 valence electrons. The topological polar surface area (TPSA) is 104 Å². The van der Waals surface area contributed by atoms with Crippen LogP contribution in [0, 0.1) is 6.92 Å². The Hall–Kier alpha value is -2.72. The molecule has 2 N–H and O–H groups in total. The molecule has 2 aromatic rings. The van der Waals surface area contributed by atoms with Crippen LogP contribution >= 0.6 is 24.0 Å². The molecule has 0 saturated carbocycles. The molecule has 3 rings (SSSR count). The Kier molecular flexibility index (Phi) is 7.45. The van der Waals surface area contributed by atoms with Crippen LogP contribution < -0.4 is 10.9 Å². The first-order valence-electron chi connectivity index (χ1n) is 10.1. The van der Waals surface area contributed by atoms with Crippen LogP contribution in [0.2, 0.25) is 0 Å². The number of amides is 1. The molecular weight excluding hydrogens is 436 g/mol. The standard InChI is InChI=1S/C21H24N4O4S2/c1-3-4-5-9-22-17-14(19(28)24-10-6-7-13(2)18(24)23-17)12-15-20(29)25(21(30)31-15)11-8-16(26)27/h6-7,10,12,22H,3-5,8-9,11H2,1-2H3,(H,26,27)/b15-12+. The van der Waals surface area contributed by atoms with Crippen molar-refractivity contribution >= 4 is 57.7 Å². The van der Waals surface area contributed by atoms with E-state index in [-0.39, 0.29) is 33.3 Å². The van der Waals surface area contributed by atoms with Gasteiger partial charge >= 0.3 is 5.97 Å². The number of carbonyl (C=O) groups is 2. The number of unbranched alkanes of at least 4 members (excludes halogenated alkanes) is 2. The van der Waals surface area contributed by atoms with Gasteiger partial charge in [0, 0.05) is 19.3 Å². The molecule has 3 heterocycles. The van der Waals surface area contributed by atoms with Crippen LogP contribution in [-0.4, -0.2) is 48.7 Å². The molecule has 31 heavy (non-hydrogen) atoms.